The van der Waals surface area contributed by atoms with Crippen LogP contribution < -0.4 is 0 Å². The van der Waals surface area contributed by atoms with E-state index in [1.807, 2.05) is 6.07 Å². The third-order valence-electron chi connectivity index (χ3n) is 7.13. The summed E-state index contributed by atoms with van der Waals surface area (Å²) in [7, 11) is 0. The highest BCUT2D eigenvalue weighted by Crippen LogP contribution is 2.45. The molecule has 0 spiro atoms. The SMILES string of the molecule is Clc1ccc(CN2CCCC3=CC4CC(CN5CCCC[C@H]45)[C@@H]32)cc1Cl. The molecule has 3 fully saturated rings. The Bertz CT molecular complexity index is 716. The fourth-order valence-corrected chi connectivity index (χ4v) is 6.45. The van der Waals surface area contributed by atoms with Crippen molar-refractivity contribution in [2.75, 3.05) is 19.6 Å². The Morgan fingerprint density at radius 3 is 2.85 bits per heavy atom. The van der Waals surface area contributed by atoms with Crippen LogP contribution in [0.3, 0.4) is 0 Å². The molecule has 2 bridgehead atoms. The lowest BCUT2D eigenvalue weighted by atomic mass is 9.68. The normalized spacial score (nSPS) is 34.8. The first-order valence-corrected chi connectivity index (χ1v) is 11.1. The Morgan fingerprint density at radius 1 is 1.04 bits per heavy atom. The second-order valence-corrected chi connectivity index (χ2v) is 9.54. The van der Waals surface area contributed by atoms with Gasteiger partial charge < -0.3 is 0 Å². The predicted octanol–water partition coefficient (Wildman–Crippen LogP) is 5.39. The molecule has 0 saturated carbocycles. The molecule has 4 heteroatoms. The van der Waals surface area contributed by atoms with Gasteiger partial charge in [0, 0.05) is 25.2 Å². The quantitative estimate of drug-likeness (QED) is 0.624. The second kappa shape index (κ2) is 7.13. The molecule has 1 aliphatic carbocycles. The molecule has 2 unspecified atom stereocenters. The van der Waals surface area contributed by atoms with Gasteiger partial charge >= 0.3 is 0 Å². The van der Waals surface area contributed by atoms with E-state index in [-0.39, 0.29) is 0 Å². The minimum Gasteiger partial charge on any atom is -0.299 e. The highest BCUT2D eigenvalue weighted by Gasteiger charge is 2.45. The van der Waals surface area contributed by atoms with Crippen LogP contribution in [0, 0.1) is 11.8 Å². The zero-order chi connectivity index (χ0) is 17.7. The van der Waals surface area contributed by atoms with Crippen molar-refractivity contribution >= 4 is 23.2 Å². The van der Waals surface area contributed by atoms with Crippen LogP contribution in [0.4, 0.5) is 0 Å². The highest BCUT2D eigenvalue weighted by atomic mass is 35.5. The van der Waals surface area contributed by atoms with Gasteiger partial charge in [-0.3, -0.25) is 9.80 Å². The molecule has 140 valence electrons. The fraction of sp³-hybridized carbons (Fsp3) is 0.636. The Labute approximate surface area is 167 Å². The van der Waals surface area contributed by atoms with E-state index in [0.29, 0.717) is 16.1 Å². The largest absolute Gasteiger partial charge is 0.299 e. The number of fused-ring (bicyclic) bond motifs is 6. The van der Waals surface area contributed by atoms with Crippen LogP contribution in [0.25, 0.3) is 0 Å². The molecule has 26 heavy (non-hydrogen) atoms. The number of hydrogen-bond donors (Lipinski definition) is 0. The summed E-state index contributed by atoms with van der Waals surface area (Å²) in [6, 6.07) is 7.60. The van der Waals surface area contributed by atoms with Crippen LogP contribution in [-0.2, 0) is 6.54 Å². The summed E-state index contributed by atoms with van der Waals surface area (Å²) in [6.07, 6.45) is 10.9. The Balaban J connectivity index is 1.40. The number of rotatable bonds is 2. The zero-order valence-corrected chi connectivity index (χ0v) is 16.9. The van der Waals surface area contributed by atoms with E-state index >= 15 is 0 Å². The van der Waals surface area contributed by atoms with E-state index in [1.165, 1.54) is 63.7 Å². The van der Waals surface area contributed by atoms with Crippen molar-refractivity contribution in [3.63, 3.8) is 0 Å². The van der Waals surface area contributed by atoms with Gasteiger partial charge in [-0.1, -0.05) is 47.3 Å². The minimum atomic E-state index is 0.636. The molecule has 5 rings (SSSR count). The molecular formula is C22H28Cl2N2. The zero-order valence-electron chi connectivity index (χ0n) is 15.3. The maximum absolute atomic E-state index is 6.26. The molecule has 2 nitrogen and oxygen atoms in total. The second-order valence-electron chi connectivity index (χ2n) is 8.73. The molecule has 0 aromatic heterocycles. The molecule has 3 aliphatic heterocycles. The van der Waals surface area contributed by atoms with Gasteiger partial charge in [-0.25, -0.2) is 0 Å². The van der Waals surface area contributed by atoms with Crippen LogP contribution in [0.15, 0.2) is 29.8 Å². The van der Waals surface area contributed by atoms with Gasteiger partial charge in [-0.2, -0.15) is 0 Å². The summed E-state index contributed by atoms with van der Waals surface area (Å²) in [5.41, 5.74) is 3.03. The van der Waals surface area contributed by atoms with Crippen LogP contribution in [0.1, 0.15) is 44.1 Å². The van der Waals surface area contributed by atoms with E-state index in [0.717, 1.165) is 24.4 Å². The number of hydrogen-bond acceptors (Lipinski definition) is 2. The molecule has 4 aliphatic rings. The monoisotopic (exact) mass is 390 g/mol. The molecule has 0 N–H and O–H groups in total. The Morgan fingerprint density at radius 2 is 1.96 bits per heavy atom. The number of halogens is 2. The molecule has 0 radical (unpaired) electrons. The summed E-state index contributed by atoms with van der Waals surface area (Å²) in [5.74, 6) is 1.61. The van der Waals surface area contributed by atoms with Crippen molar-refractivity contribution in [1.29, 1.82) is 0 Å². The van der Waals surface area contributed by atoms with Crippen molar-refractivity contribution in [1.82, 2.24) is 9.80 Å². The first-order valence-electron chi connectivity index (χ1n) is 10.3. The number of piperidine rings is 3. The van der Waals surface area contributed by atoms with Gasteiger partial charge in [0.2, 0.25) is 0 Å². The van der Waals surface area contributed by atoms with Gasteiger partial charge in [0.15, 0.2) is 0 Å². The third-order valence-corrected chi connectivity index (χ3v) is 7.87. The lowest BCUT2D eigenvalue weighted by Gasteiger charge is -2.54. The van der Waals surface area contributed by atoms with Gasteiger partial charge in [0.25, 0.3) is 0 Å². The maximum Gasteiger partial charge on any atom is 0.0595 e. The van der Waals surface area contributed by atoms with Crippen molar-refractivity contribution in [3.05, 3.63) is 45.5 Å². The Hall–Kier alpha value is -0.540. The summed E-state index contributed by atoms with van der Waals surface area (Å²) < 4.78 is 0. The number of nitrogens with zero attached hydrogens (tertiary/aromatic N) is 2. The van der Waals surface area contributed by atoms with E-state index in [2.05, 4.69) is 28.0 Å². The smallest absolute Gasteiger partial charge is 0.0595 e. The predicted molar refractivity (Wildman–Crippen MR) is 109 cm³/mol. The number of likely N-dealkylation sites (tertiary alicyclic amines) is 1. The third kappa shape index (κ3) is 3.13. The van der Waals surface area contributed by atoms with Gasteiger partial charge in [0.05, 0.1) is 10.0 Å². The molecule has 3 heterocycles. The van der Waals surface area contributed by atoms with E-state index < -0.39 is 0 Å². The van der Waals surface area contributed by atoms with Gasteiger partial charge in [-0.05, 0) is 74.7 Å². The molecule has 4 atom stereocenters. The highest BCUT2D eigenvalue weighted by molar-refractivity contribution is 6.42. The molecule has 3 saturated heterocycles. The lowest BCUT2D eigenvalue weighted by molar-refractivity contribution is -0.00264. The summed E-state index contributed by atoms with van der Waals surface area (Å²) in [6.45, 7) is 4.82. The molecule has 0 amide bonds. The van der Waals surface area contributed by atoms with Crippen molar-refractivity contribution < 1.29 is 0 Å². The maximum atomic E-state index is 6.26. The van der Waals surface area contributed by atoms with E-state index in [1.54, 1.807) is 5.57 Å². The van der Waals surface area contributed by atoms with Crippen molar-refractivity contribution in [2.45, 2.75) is 57.2 Å². The first-order chi connectivity index (χ1) is 12.7. The van der Waals surface area contributed by atoms with Crippen LogP contribution >= 0.6 is 23.2 Å². The summed E-state index contributed by atoms with van der Waals surface area (Å²) in [5, 5.41) is 1.33. The van der Waals surface area contributed by atoms with Crippen LogP contribution in [-0.4, -0.2) is 41.5 Å². The summed E-state index contributed by atoms with van der Waals surface area (Å²) >= 11 is 12.4. The van der Waals surface area contributed by atoms with Crippen LogP contribution in [0.2, 0.25) is 10.0 Å². The average Bonchev–Trinajstić information content (AvgIpc) is 2.65. The minimum absolute atomic E-state index is 0.636. The number of benzene rings is 1. The van der Waals surface area contributed by atoms with Gasteiger partial charge in [0.1, 0.15) is 0 Å². The molecule has 1 aromatic carbocycles. The molecular weight excluding hydrogens is 363 g/mol. The van der Waals surface area contributed by atoms with Crippen molar-refractivity contribution in [3.8, 4) is 0 Å². The fourth-order valence-electron chi connectivity index (χ4n) is 6.13. The lowest BCUT2D eigenvalue weighted by Crippen LogP contribution is -2.58. The standard InChI is InChI=1S/C22H28Cl2N2/c23-19-7-6-15(10-20(19)24)13-26-9-3-4-16-11-17-12-18(22(16)26)14-25-8-2-1-5-21(17)25/h6-7,10-11,17-18,21-22H,1-5,8-9,12-14H2/t17?,18?,21-,22-/m1/s1. The van der Waals surface area contributed by atoms with E-state index in [4.69, 9.17) is 23.2 Å². The Kier molecular flexibility index (Phi) is 4.81. The summed E-state index contributed by atoms with van der Waals surface area (Å²) in [4.78, 5) is 5.54. The molecule has 1 aromatic rings. The van der Waals surface area contributed by atoms with E-state index in [9.17, 15) is 0 Å². The first kappa shape index (κ1) is 17.6. The van der Waals surface area contributed by atoms with Crippen molar-refractivity contribution in [2.24, 2.45) is 11.8 Å². The topological polar surface area (TPSA) is 6.48 Å². The van der Waals surface area contributed by atoms with Gasteiger partial charge in [-0.15, -0.1) is 0 Å². The average molecular weight is 391 g/mol. The van der Waals surface area contributed by atoms with Crippen LogP contribution in [0.5, 0.6) is 0 Å².